The largest absolute Gasteiger partial charge is 0.491 e. The maximum Gasteiger partial charge on any atom is 0.286 e. The van der Waals surface area contributed by atoms with E-state index in [-0.39, 0.29) is 61.3 Å². The molecule has 2 aliphatic rings. The van der Waals surface area contributed by atoms with Gasteiger partial charge in [-0.2, -0.15) is 0 Å². The number of ether oxygens (including phenoxy) is 4. The van der Waals surface area contributed by atoms with E-state index in [4.69, 9.17) is 35.7 Å². The third-order valence-corrected chi connectivity index (χ3v) is 8.20. The number of aliphatic hydroxyl groups excluding tert-OH is 2. The minimum Gasteiger partial charge on any atom is -0.491 e. The molecule has 89 heavy (non-hydrogen) atoms. The van der Waals surface area contributed by atoms with Gasteiger partial charge in [0.25, 0.3) is 17.7 Å². The van der Waals surface area contributed by atoms with Gasteiger partial charge in [-0.15, -0.1) is 0 Å². The lowest BCUT2D eigenvalue weighted by Gasteiger charge is -2.08. The summed E-state index contributed by atoms with van der Waals surface area (Å²) in [7, 11) is 4.49. The van der Waals surface area contributed by atoms with Crippen LogP contribution in [0.2, 0.25) is 0 Å². The fraction of sp³-hybridized carbons (Fsp3) is 0.729. The summed E-state index contributed by atoms with van der Waals surface area (Å²) < 4.78 is 20.1. The molecule has 0 aromatic rings. The third kappa shape index (κ3) is 104. The predicted octanol–water partition coefficient (Wildman–Crippen LogP) is 13.7. The van der Waals surface area contributed by atoms with Crippen molar-refractivity contribution in [1.29, 1.82) is 0 Å². The SMILES string of the molecule is CC(C)=CC(=O)NCCO.CC(C)=CC(=O)NCCOC(C)C.CCC.CCC.CCC.CCC.CCC.CCC.COC(C(=O)NC1CC1)=C(C)C.COC(C(=O)NCC1CC1)=C(C)C.COC(C(=O)NCCO)=C(C)C.[C-]#[N+]CCNC(=O)C=C(C)C. The van der Waals surface area contributed by atoms with Crippen molar-refractivity contribution < 1.29 is 57.9 Å². The van der Waals surface area contributed by atoms with E-state index < -0.39 is 0 Å². The Morgan fingerprint density at radius 3 is 1.01 bits per heavy atom. The number of methoxy groups -OCH3 is 3. The van der Waals surface area contributed by atoms with E-state index >= 15 is 0 Å². The summed E-state index contributed by atoms with van der Waals surface area (Å²) in [5.74, 6) is 1.14. The van der Waals surface area contributed by atoms with E-state index in [1.165, 1.54) is 84.8 Å². The van der Waals surface area contributed by atoms with Gasteiger partial charge in [-0.25, -0.2) is 6.57 Å². The van der Waals surface area contributed by atoms with E-state index in [0.29, 0.717) is 62.0 Å². The maximum absolute atomic E-state index is 11.5. The first kappa shape index (κ1) is 105. The lowest BCUT2D eigenvalue weighted by Crippen LogP contribution is -2.28. The van der Waals surface area contributed by atoms with E-state index in [1.807, 2.05) is 83.1 Å². The first-order valence-electron chi connectivity index (χ1n) is 32.2. The van der Waals surface area contributed by atoms with Crippen LogP contribution in [0.15, 0.2) is 68.9 Å². The molecular weight excluding hydrogens is 1130 g/mol. The highest BCUT2D eigenvalue weighted by atomic mass is 16.5. The van der Waals surface area contributed by atoms with Crippen LogP contribution in [-0.4, -0.2) is 138 Å². The molecule has 0 atom stereocenters. The standard InChI is InChI=1S/C10H17NO2.C10H19NO2.C9H15NO2.C8H12N2O.C8H15NO3.C7H13NO2.6C3H8/c1-7(2)9(13-3)10(12)11-6-8-4-5-8;1-8(2)7-10(12)11-5-6-13-9(3)4;1-6(2)8(12-3)9(11)10-7-4-5-7;1-7(2)6-8(11)10-5-4-9-3;1-6(2)7(12-3)8(11)9-4-5-10;1-6(2)5-7(10)8-3-4-9;6*1-3-2/h8H,4-6H2,1-3H3,(H,11,12);7,9H,5-6H2,1-4H3,(H,11,12);7H,4-5H2,1-3H3,(H,10,11);6H,4-5H2,1-2H3,(H,10,11);10H,4-5H2,1-3H3,(H,9,11);5,9H,3-4H2,1-2H3,(H,8,10);6*3H2,1-2H3. The number of allylic oxidation sites excluding steroid dienone is 6. The van der Waals surface area contributed by atoms with Crippen LogP contribution in [0.4, 0.5) is 0 Å². The summed E-state index contributed by atoms with van der Waals surface area (Å²) in [4.78, 5) is 69.7. The molecule has 0 saturated heterocycles. The molecule has 0 aromatic carbocycles. The normalized spacial score (nSPS) is 10.1. The van der Waals surface area contributed by atoms with Gasteiger partial charge in [0.1, 0.15) is 0 Å². The van der Waals surface area contributed by atoms with Crippen molar-refractivity contribution in [2.24, 2.45) is 5.92 Å². The Bertz CT molecular complexity index is 1900. The van der Waals surface area contributed by atoms with Crippen LogP contribution < -0.4 is 31.9 Å². The molecule has 0 aromatic heterocycles. The van der Waals surface area contributed by atoms with Gasteiger partial charge in [0, 0.05) is 50.4 Å². The molecule has 8 N–H and O–H groups in total. The van der Waals surface area contributed by atoms with Gasteiger partial charge >= 0.3 is 0 Å². The Morgan fingerprint density at radius 2 is 0.753 bits per heavy atom. The molecule has 2 aliphatic carbocycles. The summed E-state index contributed by atoms with van der Waals surface area (Å²) in [6.07, 6.45) is 17.0. The van der Waals surface area contributed by atoms with Crippen LogP contribution in [0, 0.1) is 12.5 Å². The summed E-state index contributed by atoms with van der Waals surface area (Å²) in [6.45, 7) is 61.3. The number of aliphatic hydroxyl groups is 2. The van der Waals surface area contributed by atoms with E-state index in [2.05, 4.69) is 120 Å². The van der Waals surface area contributed by atoms with E-state index in [9.17, 15) is 28.8 Å². The van der Waals surface area contributed by atoms with Crippen molar-refractivity contribution >= 4 is 35.4 Å². The number of nitrogens with zero attached hydrogens (tertiary/aromatic N) is 1. The highest BCUT2D eigenvalue weighted by Gasteiger charge is 2.25. The number of carbonyl (C=O) groups is 6. The lowest BCUT2D eigenvalue weighted by atomic mass is 10.2. The van der Waals surface area contributed by atoms with Crippen molar-refractivity contribution in [3.8, 4) is 0 Å². The van der Waals surface area contributed by atoms with Crippen molar-refractivity contribution in [1.82, 2.24) is 31.9 Å². The molecule has 0 bridgehead atoms. The van der Waals surface area contributed by atoms with E-state index in [0.717, 1.165) is 52.8 Å². The van der Waals surface area contributed by atoms with Gasteiger partial charge in [-0.3, -0.25) is 28.8 Å². The minimum absolute atomic E-state index is 0.0116. The maximum atomic E-state index is 11.5. The topological polar surface area (TPSA) is 256 Å². The zero-order chi connectivity index (χ0) is 71.7. The quantitative estimate of drug-likeness (QED) is 0.0218. The average Bonchev–Trinajstić information content (AvgIpc) is 4.49. The lowest BCUT2D eigenvalue weighted by molar-refractivity contribution is -0.121. The summed E-state index contributed by atoms with van der Waals surface area (Å²) in [6, 6.07) is 0.391. The van der Waals surface area contributed by atoms with Gasteiger partial charge < -0.3 is 65.9 Å². The number of amides is 6. The molecule has 0 aliphatic heterocycles. The molecular formula is C70H139N7O12. The predicted molar refractivity (Wildman–Crippen MR) is 376 cm³/mol. The Kier molecular flexibility index (Phi) is 96.6. The van der Waals surface area contributed by atoms with Gasteiger partial charge in [-0.05, 0) is 145 Å². The number of nitrogens with one attached hydrogen (secondary N) is 6. The smallest absolute Gasteiger partial charge is 0.286 e. The van der Waals surface area contributed by atoms with Gasteiger partial charge in [-0.1, -0.05) is 138 Å². The summed E-state index contributed by atoms with van der Waals surface area (Å²) in [5.41, 5.74) is 5.56. The first-order chi connectivity index (χ1) is 41.8. The van der Waals surface area contributed by atoms with Crippen LogP contribution in [0.3, 0.4) is 0 Å². The fourth-order valence-electron chi connectivity index (χ4n) is 4.76. The molecule has 0 heterocycles. The van der Waals surface area contributed by atoms with Crippen LogP contribution in [0.1, 0.15) is 244 Å². The number of carbonyl (C=O) groups excluding carboxylic acids is 6. The number of hydrogen-bond donors (Lipinski definition) is 8. The fourth-order valence-corrected chi connectivity index (χ4v) is 4.76. The highest BCUT2D eigenvalue weighted by molar-refractivity contribution is 5.93. The molecule has 0 unspecified atom stereocenters. The summed E-state index contributed by atoms with van der Waals surface area (Å²) in [5, 5.41) is 32.8. The van der Waals surface area contributed by atoms with Gasteiger partial charge in [0.05, 0.1) is 53.8 Å². The molecule has 526 valence electrons. The van der Waals surface area contributed by atoms with Gasteiger partial charge in [0.2, 0.25) is 24.3 Å². The zero-order valence-corrected chi connectivity index (χ0v) is 62.3. The second kappa shape index (κ2) is 82.0. The van der Waals surface area contributed by atoms with Crippen molar-refractivity contribution in [2.45, 2.75) is 256 Å². The van der Waals surface area contributed by atoms with Crippen molar-refractivity contribution in [3.63, 3.8) is 0 Å². The zero-order valence-electron chi connectivity index (χ0n) is 62.3. The minimum atomic E-state index is -0.286. The molecule has 6 amide bonds. The molecule has 19 nitrogen and oxygen atoms in total. The monoisotopic (exact) mass is 1270 g/mol. The second-order valence-electron chi connectivity index (χ2n) is 21.8. The van der Waals surface area contributed by atoms with Crippen molar-refractivity contribution in [2.75, 3.05) is 80.4 Å². The van der Waals surface area contributed by atoms with Gasteiger partial charge in [0.15, 0.2) is 17.3 Å². The Labute approximate surface area is 546 Å². The molecule has 2 fully saturated rings. The summed E-state index contributed by atoms with van der Waals surface area (Å²) >= 11 is 0. The second-order valence-corrected chi connectivity index (χ2v) is 21.8. The number of rotatable bonds is 22. The van der Waals surface area contributed by atoms with Crippen LogP contribution in [-0.2, 0) is 47.7 Å². The first-order valence-corrected chi connectivity index (χ1v) is 32.2. The van der Waals surface area contributed by atoms with E-state index in [1.54, 1.807) is 19.9 Å². The molecule has 2 saturated carbocycles. The molecule has 0 radical (unpaired) electrons. The van der Waals surface area contributed by atoms with Crippen LogP contribution in [0.25, 0.3) is 4.85 Å². The Balaban J connectivity index is -0.0000000997. The third-order valence-electron chi connectivity index (χ3n) is 8.20. The molecule has 19 heteroatoms. The van der Waals surface area contributed by atoms with Crippen LogP contribution >= 0.6 is 0 Å². The molecule has 2 rings (SSSR count). The Hall–Kier alpha value is -5.97. The van der Waals surface area contributed by atoms with Crippen LogP contribution in [0.5, 0.6) is 0 Å². The Morgan fingerprint density at radius 1 is 0.461 bits per heavy atom. The number of hydrogen-bond acceptors (Lipinski definition) is 12. The average molecular weight is 1270 g/mol. The van der Waals surface area contributed by atoms with Crippen molar-refractivity contribution in [3.05, 3.63) is 80.4 Å². The molecule has 0 spiro atoms. The highest BCUT2D eigenvalue weighted by Crippen LogP contribution is 2.27.